The molecule has 0 radical (unpaired) electrons. The molecular formula is C15H16Br2N2O. The molecule has 0 aliphatic heterocycles. The average Bonchev–Trinajstić information content (AvgIpc) is 2.46. The molecule has 0 aromatic heterocycles. The van der Waals surface area contributed by atoms with E-state index < -0.39 is 0 Å². The predicted octanol–water partition coefficient (Wildman–Crippen LogP) is 3.97. The molecule has 106 valence electrons. The molecule has 0 saturated heterocycles. The molecule has 0 bridgehead atoms. The number of ether oxygens (including phenoxy) is 1. The molecule has 0 heterocycles. The van der Waals surface area contributed by atoms with Crippen molar-refractivity contribution < 1.29 is 4.74 Å². The Morgan fingerprint density at radius 1 is 1.20 bits per heavy atom. The van der Waals surface area contributed by atoms with E-state index in [1.165, 1.54) is 5.56 Å². The first-order valence-corrected chi connectivity index (χ1v) is 7.77. The number of hydrogen-bond acceptors (Lipinski definition) is 3. The van der Waals surface area contributed by atoms with Gasteiger partial charge in [-0.3, -0.25) is 11.3 Å². The molecule has 0 spiro atoms. The number of halogens is 2. The highest BCUT2D eigenvalue weighted by Gasteiger charge is 2.16. The normalized spacial score (nSPS) is 12.2. The van der Waals surface area contributed by atoms with Crippen LogP contribution in [0.1, 0.15) is 17.2 Å². The first-order chi connectivity index (χ1) is 9.65. The molecule has 1 atom stereocenters. The summed E-state index contributed by atoms with van der Waals surface area (Å²) in [6, 6.07) is 14.1. The zero-order valence-corrected chi connectivity index (χ0v) is 14.2. The van der Waals surface area contributed by atoms with E-state index in [0.29, 0.717) is 0 Å². The Kier molecular flexibility index (Phi) is 5.60. The monoisotopic (exact) mass is 398 g/mol. The third-order valence-electron chi connectivity index (χ3n) is 3.15. The number of nitrogens with two attached hydrogens (primary N) is 1. The number of hydrogen-bond donors (Lipinski definition) is 2. The van der Waals surface area contributed by atoms with Gasteiger partial charge in [-0.1, -0.05) is 56.1 Å². The predicted molar refractivity (Wildman–Crippen MR) is 88.6 cm³/mol. The molecule has 0 saturated carbocycles. The number of methoxy groups -OCH3 is 1. The van der Waals surface area contributed by atoms with Crippen molar-refractivity contribution in [2.24, 2.45) is 5.84 Å². The van der Waals surface area contributed by atoms with E-state index in [1.54, 1.807) is 7.11 Å². The Labute approximate surface area is 135 Å². The Morgan fingerprint density at radius 2 is 1.95 bits per heavy atom. The molecule has 0 aliphatic carbocycles. The Bertz CT molecular complexity index is 590. The maximum absolute atomic E-state index is 5.73. The van der Waals surface area contributed by atoms with E-state index >= 15 is 0 Å². The van der Waals surface area contributed by atoms with E-state index in [-0.39, 0.29) is 6.04 Å². The van der Waals surface area contributed by atoms with Crippen LogP contribution in [0.3, 0.4) is 0 Å². The van der Waals surface area contributed by atoms with Gasteiger partial charge in [0.05, 0.1) is 13.2 Å². The van der Waals surface area contributed by atoms with Gasteiger partial charge in [0.1, 0.15) is 5.75 Å². The molecule has 5 heteroatoms. The molecule has 1 unspecified atom stereocenters. The van der Waals surface area contributed by atoms with Gasteiger partial charge in [-0.2, -0.15) is 0 Å². The molecule has 0 amide bonds. The molecule has 20 heavy (non-hydrogen) atoms. The second kappa shape index (κ2) is 7.22. The Hall–Kier alpha value is -0.880. The van der Waals surface area contributed by atoms with Gasteiger partial charge in [-0.15, -0.1) is 0 Å². The van der Waals surface area contributed by atoms with Crippen LogP contribution in [0, 0.1) is 0 Å². The quantitative estimate of drug-likeness (QED) is 0.590. The highest BCUT2D eigenvalue weighted by molar-refractivity contribution is 9.10. The summed E-state index contributed by atoms with van der Waals surface area (Å²) in [5, 5.41) is 0. The molecule has 2 rings (SSSR count). The van der Waals surface area contributed by atoms with Crippen LogP contribution in [0.25, 0.3) is 0 Å². The van der Waals surface area contributed by atoms with Crippen molar-refractivity contribution in [1.29, 1.82) is 0 Å². The molecular weight excluding hydrogens is 384 g/mol. The van der Waals surface area contributed by atoms with Crippen LogP contribution in [0.4, 0.5) is 0 Å². The third-order valence-corrected chi connectivity index (χ3v) is 4.42. The van der Waals surface area contributed by atoms with E-state index in [2.05, 4.69) is 43.4 Å². The SMILES string of the molecule is COc1cc(Br)ccc1C(Cc1ccccc1Br)NN. The third kappa shape index (κ3) is 3.61. The zero-order valence-electron chi connectivity index (χ0n) is 11.1. The minimum Gasteiger partial charge on any atom is -0.496 e. The average molecular weight is 400 g/mol. The maximum Gasteiger partial charge on any atom is 0.124 e. The number of hydrazine groups is 1. The summed E-state index contributed by atoms with van der Waals surface area (Å²) >= 11 is 7.01. The van der Waals surface area contributed by atoms with Gasteiger partial charge in [0.25, 0.3) is 0 Å². The fourth-order valence-electron chi connectivity index (χ4n) is 2.12. The summed E-state index contributed by atoms with van der Waals surface area (Å²) < 4.78 is 7.50. The van der Waals surface area contributed by atoms with E-state index in [1.807, 2.05) is 36.4 Å². The fourth-order valence-corrected chi connectivity index (χ4v) is 2.90. The Morgan fingerprint density at radius 3 is 2.60 bits per heavy atom. The van der Waals surface area contributed by atoms with Crippen LogP contribution in [-0.2, 0) is 6.42 Å². The lowest BCUT2D eigenvalue weighted by Crippen LogP contribution is -2.30. The summed E-state index contributed by atoms with van der Waals surface area (Å²) in [7, 11) is 1.66. The van der Waals surface area contributed by atoms with Crippen LogP contribution < -0.4 is 16.0 Å². The minimum atomic E-state index is -0.0169. The van der Waals surface area contributed by atoms with Crippen LogP contribution >= 0.6 is 31.9 Å². The van der Waals surface area contributed by atoms with Crippen molar-refractivity contribution in [3.05, 3.63) is 62.5 Å². The summed E-state index contributed by atoms with van der Waals surface area (Å²) in [6.07, 6.45) is 0.774. The van der Waals surface area contributed by atoms with Crippen LogP contribution in [0.2, 0.25) is 0 Å². The van der Waals surface area contributed by atoms with Crippen molar-refractivity contribution in [2.45, 2.75) is 12.5 Å². The highest BCUT2D eigenvalue weighted by atomic mass is 79.9. The van der Waals surface area contributed by atoms with Crippen LogP contribution in [0.5, 0.6) is 5.75 Å². The van der Waals surface area contributed by atoms with E-state index in [0.717, 1.165) is 26.7 Å². The fraction of sp³-hybridized carbons (Fsp3) is 0.200. The standard InChI is InChI=1S/C15H16Br2N2O/c1-20-15-9-11(16)6-7-12(15)14(19-18)8-10-4-2-3-5-13(10)17/h2-7,9,14,19H,8,18H2,1H3. The van der Waals surface area contributed by atoms with Crippen molar-refractivity contribution >= 4 is 31.9 Å². The number of rotatable bonds is 5. The van der Waals surface area contributed by atoms with Crippen LogP contribution in [-0.4, -0.2) is 7.11 Å². The van der Waals surface area contributed by atoms with Crippen molar-refractivity contribution in [1.82, 2.24) is 5.43 Å². The maximum atomic E-state index is 5.73. The van der Waals surface area contributed by atoms with Gasteiger partial charge in [0.15, 0.2) is 0 Å². The molecule has 0 fully saturated rings. The van der Waals surface area contributed by atoms with Gasteiger partial charge in [-0.25, -0.2) is 0 Å². The second-order valence-electron chi connectivity index (χ2n) is 4.40. The zero-order chi connectivity index (χ0) is 14.5. The number of nitrogens with one attached hydrogen (secondary N) is 1. The second-order valence-corrected chi connectivity index (χ2v) is 6.17. The van der Waals surface area contributed by atoms with Gasteiger partial charge < -0.3 is 4.74 Å². The van der Waals surface area contributed by atoms with Crippen molar-refractivity contribution in [3.8, 4) is 5.75 Å². The van der Waals surface area contributed by atoms with Crippen LogP contribution in [0.15, 0.2) is 51.4 Å². The Balaban J connectivity index is 2.31. The molecule has 0 aliphatic rings. The first kappa shape index (κ1) is 15.5. The highest BCUT2D eigenvalue weighted by Crippen LogP contribution is 2.31. The smallest absolute Gasteiger partial charge is 0.124 e. The topological polar surface area (TPSA) is 47.3 Å². The van der Waals surface area contributed by atoms with Gasteiger partial charge >= 0.3 is 0 Å². The molecule has 3 N–H and O–H groups in total. The van der Waals surface area contributed by atoms with Gasteiger partial charge in [-0.05, 0) is 30.2 Å². The minimum absolute atomic E-state index is 0.0169. The van der Waals surface area contributed by atoms with Gasteiger partial charge in [0, 0.05) is 14.5 Å². The summed E-state index contributed by atoms with van der Waals surface area (Å²) in [5.41, 5.74) is 5.10. The lowest BCUT2D eigenvalue weighted by molar-refractivity contribution is 0.398. The van der Waals surface area contributed by atoms with E-state index in [4.69, 9.17) is 10.6 Å². The van der Waals surface area contributed by atoms with E-state index in [9.17, 15) is 0 Å². The van der Waals surface area contributed by atoms with Crippen molar-refractivity contribution in [3.63, 3.8) is 0 Å². The first-order valence-electron chi connectivity index (χ1n) is 6.18. The molecule has 2 aromatic rings. The summed E-state index contributed by atoms with van der Waals surface area (Å²) in [4.78, 5) is 0. The summed E-state index contributed by atoms with van der Waals surface area (Å²) in [6.45, 7) is 0. The van der Waals surface area contributed by atoms with Gasteiger partial charge in [0.2, 0.25) is 0 Å². The molecule has 2 aromatic carbocycles. The lowest BCUT2D eigenvalue weighted by atomic mass is 9.98. The molecule has 3 nitrogen and oxygen atoms in total. The largest absolute Gasteiger partial charge is 0.496 e. The van der Waals surface area contributed by atoms with Crippen molar-refractivity contribution in [2.75, 3.05) is 7.11 Å². The number of benzene rings is 2. The summed E-state index contributed by atoms with van der Waals surface area (Å²) in [5.74, 6) is 6.55. The lowest BCUT2D eigenvalue weighted by Gasteiger charge is -2.20.